The lowest BCUT2D eigenvalue weighted by Crippen LogP contribution is -2.36. The van der Waals surface area contributed by atoms with Crippen LogP contribution >= 0.6 is 24.0 Å². The van der Waals surface area contributed by atoms with Gasteiger partial charge in [-0.3, -0.25) is 15.7 Å². The topological polar surface area (TPSA) is 93.1 Å². The summed E-state index contributed by atoms with van der Waals surface area (Å²) in [5.74, 6) is 0.637. The van der Waals surface area contributed by atoms with Crippen LogP contribution in [0.1, 0.15) is 82.9 Å². The molecule has 3 aromatic rings. The molecule has 0 fully saturated rings. The van der Waals surface area contributed by atoms with E-state index in [2.05, 4.69) is 41.7 Å². The molecule has 0 aromatic carbocycles. The number of amides is 1. The van der Waals surface area contributed by atoms with E-state index in [4.69, 9.17) is 14.6 Å². The third kappa shape index (κ3) is 7.19. The minimum absolute atomic E-state index is 0. The van der Waals surface area contributed by atoms with Crippen LogP contribution < -0.4 is 5.32 Å². The fourth-order valence-corrected chi connectivity index (χ4v) is 4.14. The number of alkyl carbamates (subject to hydrolysis) is 1. The second-order valence-corrected chi connectivity index (χ2v) is 9.51. The lowest BCUT2D eigenvalue weighted by Gasteiger charge is -2.19. The Morgan fingerprint density at radius 2 is 2.06 bits per heavy atom. The highest BCUT2D eigenvalue weighted by molar-refractivity contribution is 14.0. The highest BCUT2D eigenvalue weighted by atomic mass is 127. The van der Waals surface area contributed by atoms with Crippen molar-refractivity contribution in [1.82, 2.24) is 14.9 Å². The van der Waals surface area contributed by atoms with Crippen molar-refractivity contribution in [2.24, 2.45) is 0 Å². The highest BCUT2D eigenvalue weighted by Crippen LogP contribution is 2.34. The van der Waals surface area contributed by atoms with Gasteiger partial charge in [0.25, 0.3) is 0 Å². The lowest BCUT2D eigenvalue weighted by molar-refractivity contribution is 0.0563. The van der Waals surface area contributed by atoms with Gasteiger partial charge in [0.2, 0.25) is 0 Å². The number of nitrogens with zero attached hydrogens (tertiary/aromatic N) is 2. The molecule has 1 amide bonds. The van der Waals surface area contributed by atoms with E-state index in [1.807, 2.05) is 18.5 Å². The van der Waals surface area contributed by atoms with Crippen molar-refractivity contribution in [3.05, 3.63) is 59.4 Å². The number of furan rings is 1. The summed E-state index contributed by atoms with van der Waals surface area (Å²) in [5, 5.41) is 11.8. The van der Waals surface area contributed by atoms with Crippen LogP contribution in [0.5, 0.6) is 0 Å². The number of allylic oxidation sites excluding steroid dienone is 2. The molecule has 0 aliphatic rings. The lowest BCUT2D eigenvalue weighted by atomic mass is 9.97. The average Bonchev–Trinajstić information content (AvgIpc) is 3.34. The first-order valence-corrected chi connectivity index (χ1v) is 11.9. The summed E-state index contributed by atoms with van der Waals surface area (Å²) in [6.07, 6.45) is 11.4. The van der Waals surface area contributed by atoms with E-state index in [0.717, 1.165) is 29.4 Å². The van der Waals surface area contributed by atoms with Crippen molar-refractivity contribution in [2.45, 2.75) is 79.4 Å². The van der Waals surface area contributed by atoms with Gasteiger partial charge in [0.15, 0.2) is 0 Å². The Labute approximate surface area is 224 Å². The first kappa shape index (κ1) is 28.6. The molecule has 0 saturated carbocycles. The minimum atomic E-state index is -0.661. The van der Waals surface area contributed by atoms with E-state index >= 15 is 0 Å². The molecule has 3 heterocycles. The standard InChI is InChI=1S/C27H36N4O3.HI/c1-7-9-10-11-19(8-2)24-18(3)31(23-12-13-29-15-22(23)24)16-21-14-20(17-33-21)25(28)30-26(32)34-27(4,5)6;/h8,12-15,17H,7,9-11,16H2,1-6H3,(H2,28,30,32);1H. The summed E-state index contributed by atoms with van der Waals surface area (Å²) < 4.78 is 13.2. The molecule has 0 radical (unpaired) electrons. The summed E-state index contributed by atoms with van der Waals surface area (Å²) in [6, 6.07) is 3.81. The summed E-state index contributed by atoms with van der Waals surface area (Å²) in [5.41, 5.74) is 4.70. The number of ether oxygens (including phenoxy) is 1. The molecule has 2 N–H and O–H groups in total. The van der Waals surface area contributed by atoms with Crippen LogP contribution in [0.4, 0.5) is 4.79 Å². The maximum Gasteiger partial charge on any atom is 0.413 e. The molecule has 0 aliphatic carbocycles. The molecule has 8 heteroatoms. The third-order valence-corrected chi connectivity index (χ3v) is 5.73. The average molecular weight is 593 g/mol. The van der Waals surface area contributed by atoms with E-state index in [1.165, 1.54) is 30.2 Å². The quantitative estimate of drug-likeness (QED) is 0.123. The summed E-state index contributed by atoms with van der Waals surface area (Å²) >= 11 is 0. The van der Waals surface area contributed by atoms with E-state index in [1.54, 1.807) is 26.8 Å². The molecule has 0 spiro atoms. The van der Waals surface area contributed by atoms with Gasteiger partial charge < -0.3 is 13.7 Å². The summed E-state index contributed by atoms with van der Waals surface area (Å²) in [6.45, 7) is 12.3. The van der Waals surface area contributed by atoms with Crippen molar-refractivity contribution < 1.29 is 13.9 Å². The van der Waals surface area contributed by atoms with Crippen LogP contribution in [0.2, 0.25) is 0 Å². The van der Waals surface area contributed by atoms with Gasteiger partial charge in [-0.1, -0.05) is 25.8 Å². The number of fused-ring (bicyclic) bond motifs is 1. The number of aromatic nitrogens is 2. The van der Waals surface area contributed by atoms with Crippen LogP contribution in [-0.2, 0) is 11.3 Å². The molecule has 190 valence electrons. The normalized spacial score (nSPS) is 11.9. The second kappa shape index (κ2) is 12.4. The van der Waals surface area contributed by atoms with Crippen molar-refractivity contribution in [2.75, 3.05) is 0 Å². The Morgan fingerprint density at radius 3 is 2.71 bits per heavy atom. The van der Waals surface area contributed by atoms with E-state index in [9.17, 15) is 4.79 Å². The van der Waals surface area contributed by atoms with Gasteiger partial charge in [-0.15, -0.1) is 24.0 Å². The summed E-state index contributed by atoms with van der Waals surface area (Å²) in [7, 11) is 0. The van der Waals surface area contributed by atoms with Crippen molar-refractivity contribution >= 4 is 52.4 Å². The number of amidine groups is 1. The van der Waals surface area contributed by atoms with Gasteiger partial charge >= 0.3 is 6.09 Å². The maximum absolute atomic E-state index is 12.0. The van der Waals surface area contributed by atoms with Gasteiger partial charge in [0, 0.05) is 29.0 Å². The molecule has 35 heavy (non-hydrogen) atoms. The van der Waals surface area contributed by atoms with Crippen LogP contribution in [0.25, 0.3) is 16.5 Å². The molecular weight excluding hydrogens is 555 g/mol. The minimum Gasteiger partial charge on any atom is -0.467 e. The molecule has 0 aliphatic heterocycles. The fraction of sp³-hybridized carbons (Fsp3) is 0.444. The molecule has 0 saturated heterocycles. The van der Waals surface area contributed by atoms with Crippen LogP contribution in [0.3, 0.4) is 0 Å². The molecular formula is C27H37IN4O3. The molecule has 7 nitrogen and oxygen atoms in total. The Morgan fingerprint density at radius 1 is 1.31 bits per heavy atom. The van der Waals surface area contributed by atoms with E-state index < -0.39 is 11.7 Å². The Kier molecular flexibility index (Phi) is 10.1. The zero-order valence-corrected chi connectivity index (χ0v) is 23.9. The number of pyridine rings is 1. The molecule has 0 bridgehead atoms. The Balaban J connectivity index is 0.00000432. The number of hydrogen-bond donors (Lipinski definition) is 2. The van der Waals surface area contributed by atoms with Crippen molar-refractivity contribution in [3.63, 3.8) is 0 Å². The largest absolute Gasteiger partial charge is 0.467 e. The van der Waals surface area contributed by atoms with Crippen LogP contribution in [0.15, 0.2) is 41.3 Å². The smallest absolute Gasteiger partial charge is 0.413 e. The van der Waals surface area contributed by atoms with Crippen molar-refractivity contribution in [1.29, 1.82) is 5.41 Å². The van der Waals surface area contributed by atoms with Gasteiger partial charge in [-0.25, -0.2) is 4.79 Å². The van der Waals surface area contributed by atoms with E-state index in [-0.39, 0.29) is 29.8 Å². The zero-order valence-electron chi connectivity index (χ0n) is 21.5. The monoisotopic (exact) mass is 592 g/mol. The molecule has 0 unspecified atom stereocenters. The van der Waals surface area contributed by atoms with Crippen LogP contribution in [0, 0.1) is 12.3 Å². The fourth-order valence-electron chi connectivity index (χ4n) is 4.14. The first-order chi connectivity index (χ1) is 16.1. The third-order valence-electron chi connectivity index (χ3n) is 5.73. The number of rotatable bonds is 8. The first-order valence-electron chi connectivity index (χ1n) is 11.9. The predicted octanol–water partition coefficient (Wildman–Crippen LogP) is 7.44. The number of carbonyl (C=O) groups excluding carboxylic acids is 1. The van der Waals surface area contributed by atoms with Gasteiger partial charge in [-0.05, 0) is 65.2 Å². The second-order valence-electron chi connectivity index (χ2n) is 9.51. The van der Waals surface area contributed by atoms with Gasteiger partial charge in [-0.2, -0.15) is 0 Å². The van der Waals surface area contributed by atoms with E-state index in [0.29, 0.717) is 17.9 Å². The van der Waals surface area contributed by atoms with Gasteiger partial charge in [0.1, 0.15) is 23.5 Å². The SMILES string of the molecule is CC=C(CCCCC)c1c(C)n(Cc2cc(C(=N)NC(=O)OC(C)(C)C)co2)c2ccncc12.I. The maximum atomic E-state index is 12.0. The number of halogens is 1. The Bertz CT molecular complexity index is 1200. The summed E-state index contributed by atoms with van der Waals surface area (Å²) in [4.78, 5) is 16.4. The molecule has 3 aromatic heterocycles. The number of carbonyl (C=O) groups is 1. The number of unbranched alkanes of at least 4 members (excludes halogenated alkanes) is 2. The number of hydrogen-bond acceptors (Lipinski definition) is 5. The number of nitrogens with one attached hydrogen (secondary N) is 2. The Hall–Kier alpha value is -2.62. The predicted molar refractivity (Wildman–Crippen MR) is 152 cm³/mol. The molecule has 0 atom stereocenters. The van der Waals surface area contributed by atoms with Gasteiger partial charge in [0.05, 0.1) is 17.6 Å². The van der Waals surface area contributed by atoms with Crippen molar-refractivity contribution in [3.8, 4) is 0 Å². The zero-order chi connectivity index (χ0) is 24.9. The highest BCUT2D eigenvalue weighted by Gasteiger charge is 2.20. The molecule has 3 rings (SSSR count). The van der Waals surface area contributed by atoms with Crippen LogP contribution in [-0.4, -0.2) is 27.1 Å².